The number of hydrogen-bond donors (Lipinski definition) is 0. The standard InChI is InChI=1S/C12H19NO3/c1-6-8-7-9(14)13(5)10(8)16-11(15)12(2,3)4/h7,10H,6H2,1-5H3. The van der Waals surface area contributed by atoms with Crippen LogP contribution in [0.25, 0.3) is 0 Å². The Labute approximate surface area is 96.3 Å². The lowest BCUT2D eigenvalue weighted by Gasteiger charge is -2.26. The maximum absolute atomic E-state index is 11.7. The van der Waals surface area contributed by atoms with Crippen LogP contribution in [-0.2, 0) is 14.3 Å². The molecule has 0 aromatic heterocycles. The van der Waals surface area contributed by atoms with Crippen molar-refractivity contribution in [1.29, 1.82) is 0 Å². The molecular weight excluding hydrogens is 206 g/mol. The van der Waals surface area contributed by atoms with Gasteiger partial charge in [-0.25, -0.2) is 0 Å². The quantitative estimate of drug-likeness (QED) is 0.672. The van der Waals surface area contributed by atoms with Crippen LogP contribution in [-0.4, -0.2) is 30.1 Å². The topological polar surface area (TPSA) is 46.6 Å². The van der Waals surface area contributed by atoms with E-state index < -0.39 is 11.6 Å². The van der Waals surface area contributed by atoms with Gasteiger partial charge in [-0.05, 0) is 32.8 Å². The van der Waals surface area contributed by atoms with Crippen LogP contribution in [0.2, 0.25) is 0 Å². The first-order valence-electron chi connectivity index (χ1n) is 5.45. The molecule has 0 fully saturated rings. The Morgan fingerprint density at radius 2 is 2.06 bits per heavy atom. The van der Waals surface area contributed by atoms with Crippen molar-refractivity contribution in [3.63, 3.8) is 0 Å². The molecule has 0 aliphatic carbocycles. The van der Waals surface area contributed by atoms with E-state index >= 15 is 0 Å². The van der Waals surface area contributed by atoms with Crippen LogP contribution in [0.4, 0.5) is 0 Å². The van der Waals surface area contributed by atoms with Crippen LogP contribution in [0.15, 0.2) is 11.6 Å². The van der Waals surface area contributed by atoms with E-state index in [-0.39, 0.29) is 11.9 Å². The summed E-state index contributed by atoms with van der Waals surface area (Å²) in [7, 11) is 1.64. The van der Waals surface area contributed by atoms with E-state index in [1.54, 1.807) is 33.9 Å². The lowest BCUT2D eigenvalue weighted by atomic mass is 9.97. The molecule has 0 aromatic rings. The van der Waals surface area contributed by atoms with Crippen LogP contribution in [0, 0.1) is 5.41 Å². The van der Waals surface area contributed by atoms with Crippen molar-refractivity contribution in [1.82, 2.24) is 4.90 Å². The summed E-state index contributed by atoms with van der Waals surface area (Å²) in [6.07, 6.45) is 1.72. The number of ether oxygens (including phenoxy) is 1. The minimum atomic E-state index is -0.550. The third kappa shape index (κ3) is 2.43. The predicted octanol–water partition coefficient (Wildman–Crippen LogP) is 1.71. The lowest BCUT2D eigenvalue weighted by molar-refractivity contribution is -0.165. The molecule has 16 heavy (non-hydrogen) atoms. The third-order valence-electron chi connectivity index (χ3n) is 2.56. The summed E-state index contributed by atoms with van der Waals surface area (Å²) in [6.45, 7) is 7.32. The van der Waals surface area contributed by atoms with E-state index in [0.717, 1.165) is 5.57 Å². The number of likely N-dealkylation sites (N-methyl/N-ethyl adjacent to an activating group) is 1. The largest absolute Gasteiger partial charge is 0.437 e. The van der Waals surface area contributed by atoms with Gasteiger partial charge in [0.1, 0.15) is 0 Å². The van der Waals surface area contributed by atoms with Gasteiger partial charge in [0.2, 0.25) is 12.1 Å². The molecule has 4 nitrogen and oxygen atoms in total. The highest BCUT2D eigenvalue weighted by atomic mass is 16.6. The zero-order valence-corrected chi connectivity index (χ0v) is 10.5. The van der Waals surface area contributed by atoms with E-state index in [9.17, 15) is 9.59 Å². The fraction of sp³-hybridized carbons (Fsp3) is 0.667. The van der Waals surface area contributed by atoms with Crippen molar-refractivity contribution in [2.24, 2.45) is 5.41 Å². The van der Waals surface area contributed by atoms with Gasteiger partial charge in [-0.2, -0.15) is 0 Å². The van der Waals surface area contributed by atoms with E-state index in [1.807, 2.05) is 6.92 Å². The summed E-state index contributed by atoms with van der Waals surface area (Å²) in [5.41, 5.74) is 0.302. The highest BCUT2D eigenvalue weighted by Crippen LogP contribution is 2.25. The maximum Gasteiger partial charge on any atom is 0.313 e. The Hall–Kier alpha value is -1.32. The Morgan fingerprint density at radius 1 is 1.50 bits per heavy atom. The van der Waals surface area contributed by atoms with Crippen LogP contribution in [0.1, 0.15) is 34.1 Å². The number of esters is 1. The first-order chi connectivity index (χ1) is 7.27. The number of carbonyl (C=O) groups is 2. The molecule has 0 saturated heterocycles. The summed E-state index contributed by atoms with van der Waals surface area (Å²) < 4.78 is 5.36. The first-order valence-corrected chi connectivity index (χ1v) is 5.45. The van der Waals surface area contributed by atoms with Gasteiger partial charge in [-0.3, -0.25) is 9.59 Å². The van der Waals surface area contributed by atoms with Gasteiger partial charge in [0.25, 0.3) is 0 Å². The molecule has 0 aromatic carbocycles. The third-order valence-corrected chi connectivity index (χ3v) is 2.56. The number of carbonyl (C=O) groups excluding carboxylic acids is 2. The average Bonchev–Trinajstić information content (AvgIpc) is 2.44. The Morgan fingerprint density at radius 3 is 2.50 bits per heavy atom. The van der Waals surface area contributed by atoms with E-state index in [0.29, 0.717) is 6.42 Å². The van der Waals surface area contributed by atoms with Crippen LogP contribution < -0.4 is 0 Å². The minimum absolute atomic E-state index is 0.108. The summed E-state index contributed by atoms with van der Waals surface area (Å²) in [5, 5.41) is 0. The second-order valence-corrected chi connectivity index (χ2v) is 5.03. The number of hydrogen-bond acceptors (Lipinski definition) is 3. The highest BCUT2D eigenvalue weighted by molar-refractivity contribution is 5.92. The molecular formula is C12H19NO3. The van der Waals surface area contributed by atoms with Gasteiger partial charge < -0.3 is 9.64 Å². The second-order valence-electron chi connectivity index (χ2n) is 5.03. The van der Waals surface area contributed by atoms with E-state index in [1.165, 1.54) is 4.90 Å². The number of nitrogens with zero attached hydrogens (tertiary/aromatic N) is 1. The molecule has 0 spiro atoms. The van der Waals surface area contributed by atoms with Crippen LogP contribution in [0.3, 0.4) is 0 Å². The van der Waals surface area contributed by atoms with Gasteiger partial charge in [0, 0.05) is 13.1 Å². The highest BCUT2D eigenvalue weighted by Gasteiger charge is 2.34. The Kier molecular flexibility index (Phi) is 3.41. The normalized spacial score (nSPS) is 21.1. The number of rotatable bonds is 2. The zero-order chi connectivity index (χ0) is 12.5. The minimum Gasteiger partial charge on any atom is -0.437 e. The van der Waals surface area contributed by atoms with Crippen molar-refractivity contribution >= 4 is 11.9 Å². The monoisotopic (exact) mass is 225 g/mol. The van der Waals surface area contributed by atoms with Gasteiger partial charge in [-0.1, -0.05) is 6.92 Å². The van der Waals surface area contributed by atoms with Crippen molar-refractivity contribution in [2.45, 2.75) is 40.3 Å². The smallest absolute Gasteiger partial charge is 0.313 e. The molecule has 4 heteroatoms. The maximum atomic E-state index is 11.7. The average molecular weight is 225 g/mol. The summed E-state index contributed by atoms with van der Waals surface area (Å²) in [5.74, 6) is -0.401. The predicted molar refractivity (Wildman–Crippen MR) is 60.5 cm³/mol. The molecule has 0 saturated carbocycles. The fourth-order valence-corrected chi connectivity index (χ4v) is 1.41. The molecule has 1 amide bonds. The van der Waals surface area contributed by atoms with Gasteiger partial charge >= 0.3 is 5.97 Å². The van der Waals surface area contributed by atoms with Crippen molar-refractivity contribution < 1.29 is 14.3 Å². The van der Waals surface area contributed by atoms with Gasteiger partial charge in [0.15, 0.2) is 0 Å². The summed E-state index contributed by atoms with van der Waals surface area (Å²) >= 11 is 0. The number of amides is 1. The molecule has 1 atom stereocenters. The Bertz CT molecular complexity index is 339. The lowest BCUT2D eigenvalue weighted by Crippen LogP contribution is -2.38. The van der Waals surface area contributed by atoms with Crippen LogP contribution >= 0.6 is 0 Å². The molecule has 1 unspecified atom stereocenters. The van der Waals surface area contributed by atoms with Crippen LogP contribution in [0.5, 0.6) is 0 Å². The van der Waals surface area contributed by atoms with Crippen molar-refractivity contribution in [2.75, 3.05) is 7.05 Å². The van der Waals surface area contributed by atoms with Gasteiger partial charge in [0.05, 0.1) is 5.41 Å². The zero-order valence-electron chi connectivity index (χ0n) is 10.5. The molecule has 1 aliphatic heterocycles. The fourth-order valence-electron chi connectivity index (χ4n) is 1.41. The molecule has 1 heterocycles. The summed E-state index contributed by atoms with van der Waals surface area (Å²) in [4.78, 5) is 24.6. The Balaban J connectivity index is 2.78. The molecule has 90 valence electrons. The van der Waals surface area contributed by atoms with E-state index in [4.69, 9.17) is 4.74 Å². The van der Waals surface area contributed by atoms with Crippen molar-refractivity contribution in [3.8, 4) is 0 Å². The molecule has 0 bridgehead atoms. The SMILES string of the molecule is CCC1=CC(=O)N(C)C1OC(=O)C(C)(C)C. The second kappa shape index (κ2) is 4.28. The first kappa shape index (κ1) is 12.7. The van der Waals surface area contributed by atoms with Gasteiger partial charge in [-0.15, -0.1) is 0 Å². The molecule has 0 radical (unpaired) electrons. The molecule has 1 aliphatic rings. The van der Waals surface area contributed by atoms with E-state index in [2.05, 4.69) is 0 Å². The van der Waals surface area contributed by atoms with Crippen molar-refractivity contribution in [3.05, 3.63) is 11.6 Å². The summed E-state index contributed by atoms with van der Waals surface area (Å²) in [6, 6.07) is 0. The molecule has 1 rings (SSSR count). The molecule has 0 N–H and O–H groups in total.